The molecule has 0 spiro atoms. The molecule has 2 aromatic heterocycles. The van der Waals surface area contributed by atoms with Gasteiger partial charge in [0, 0.05) is 42.9 Å². The van der Waals surface area contributed by atoms with Crippen molar-refractivity contribution in [3.8, 4) is 0 Å². The summed E-state index contributed by atoms with van der Waals surface area (Å²) in [6.45, 7) is 37.5. The second-order valence-electron chi connectivity index (χ2n) is 15.3. The van der Waals surface area contributed by atoms with Crippen molar-refractivity contribution in [1.29, 1.82) is 0 Å². The summed E-state index contributed by atoms with van der Waals surface area (Å²) >= 11 is 0. The van der Waals surface area contributed by atoms with E-state index in [4.69, 9.17) is 29.5 Å². The van der Waals surface area contributed by atoms with Gasteiger partial charge in [-0.15, -0.1) is 41.5 Å². The maximum atomic E-state index is 6.31. The second-order valence-corrected chi connectivity index (χ2v) is 15.3. The Balaban J connectivity index is 1.16. The number of allylic oxidation sites excluding steroid dienone is 8. The smallest absolute Gasteiger partial charge is 0.137 e. The molecule has 0 N–H and O–H groups in total. The lowest BCUT2D eigenvalue weighted by Gasteiger charge is -2.42. The molecule has 7 rings (SSSR count). The minimum absolute atomic E-state index is 0.662. The van der Waals surface area contributed by atoms with Crippen LogP contribution in [0.5, 0.6) is 0 Å². The number of furan rings is 2. The molecule has 0 aromatic carbocycles. The van der Waals surface area contributed by atoms with Crippen molar-refractivity contribution >= 4 is 11.1 Å². The highest BCUT2D eigenvalue weighted by Gasteiger charge is 2.22. The highest BCUT2D eigenvalue weighted by Crippen LogP contribution is 2.41. The topological polar surface area (TPSA) is 87.5 Å². The number of aryl methyl sites for hydroxylation is 3. The molecule has 294 valence electrons. The molecule has 1 fully saturated rings. The van der Waals surface area contributed by atoms with Crippen LogP contribution in [0.2, 0.25) is 0 Å². The normalized spacial score (nSPS) is 20.2. The Morgan fingerprint density at radius 2 is 1.23 bits per heavy atom. The Morgan fingerprint density at radius 3 is 1.75 bits per heavy atom. The predicted molar refractivity (Wildman–Crippen MR) is 228 cm³/mol. The van der Waals surface area contributed by atoms with E-state index >= 15 is 0 Å². The monoisotopic (exact) mass is 750 g/mol. The van der Waals surface area contributed by atoms with Crippen molar-refractivity contribution in [1.82, 2.24) is 14.7 Å². The van der Waals surface area contributed by atoms with Gasteiger partial charge < -0.3 is 34.4 Å². The fourth-order valence-electron chi connectivity index (χ4n) is 8.11. The van der Waals surface area contributed by atoms with Crippen LogP contribution in [0.1, 0.15) is 60.5 Å². The molecule has 56 heavy (non-hydrogen) atoms. The van der Waals surface area contributed by atoms with Crippen molar-refractivity contribution in [2.24, 2.45) is 0 Å². The van der Waals surface area contributed by atoms with Crippen LogP contribution in [0.15, 0.2) is 134 Å². The van der Waals surface area contributed by atoms with Crippen LogP contribution in [0.4, 0.5) is 0 Å². The summed E-state index contributed by atoms with van der Waals surface area (Å²) < 4.78 is 18.6. The number of rotatable bonds is 9. The van der Waals surface area contributed by atoms with E-state index in [1.165, 1.54) is 11.1 Å². The molecule has 0 bridgehead atoms. The van der Waals surface area contributed by atoms with E-state index in [1.807, 2.05) is 39.0 Å². The van der Waals surface area contributed by atoms with Gasteiger partial charge in [0.05, 0.1) is 5.76 Å². The van der Waals surface area contributed by atoms with Crippen LogP contribution in [0.25, 0.3) is 27.1 Å². The molecule has 9 nitrogen and oxygen atoms in total. The first-order valence-corrected chi connectivity index (χ1v) is 19.5. The first-order valence-electron chi connectivity index (χ1n) is 19.5. The van der Waals surface area contributed by atoms with Crippen molar-refractivity contribution in [3.63, 3.8) is 0 Å². The molecule has 5 aliphatic heterocycles. The fourth-order valence-corrected chi connectivity index (χ4v) is 8.11. The standard InChI is InChI=1S/C47H54N6O3/c1-12-43-35(9)47(56-37(43)11)39-21-30(4)49-42(24-39)27-52-14-13-51(26-41-23-38(20-29(3)48-41)45-28(2)19-32(6)54-45)15-17-53(18-16-52)44-25-40(22-31(5)50-44)46-34(8)33(7)36(10)55-46/h19-25H,3-5,7,12-18,26-27H2,1-2,6,8-11H3/q-4. The molecule has 0 saturated carbocycles. The Bertz CT molecular complexity index is 2210. The average Bonchev–Trinajstić information content (AvgIpc) is 3.76. The van der Waals surface area contributed by atoms with Crippen molar-refractivity contribution in [2.75, 3.05) is 52.4 Å². The molecule has 7 heterocycles. The highest BCUT2D eigenvalue weighted by molar-refractivity contribution is 5.81. The molecule has 1 saturated heterocycles. The van der Waals surface area contributed by atoms with Gasteiger partial charge in [-0.1, -0.05) is 63.6 Å². The van der Waals surface area contributed by atoms with Gasteiger partial charge in [-0.05, 0) is 101 Å². The minimum Gasteiger partial charge on any atom is -0.661 e. The Kier molecular flexibility index (Phi) is 11.0. The maximum absolute atomic E-state index is 6.31. The molecular weight excluding hydrogens is 697 g/mol. The highest BCUT2D eigenvalue weighted by atomic mass is 16.5. The molecule has 0 atom stereocenters. The number of ether oxygens (including phenoxy) is 1. The number of nitrogens with zero attached hydrogens (tertiary/aromatic N) is 6. The molecule has 9 heteroatoms. The fraction of sp³-hybridized carbons (Fsp3) is 0.340. The number of hydrogen-bond donors (Lipinski definition) is 0. The summed E-state index contributed by atoms with van der Waals surface area (Å²) in [5, 5.41) is 14.8. The molecule has 5 aliphatic rings. The largest absolute Gasteiger partial charge is 0.661 e. The lowest BCUT2D eigenvalue weighted by Crippen LogP contribution is -2.37. The van der Waals surface area contributed by atoms with Crippen LogP contribution in [0, 0.1) is 33.8 Å². The van der Waals surface area contributed by atoms with E-state index in [0.717, 1.165) is 143 Å². The predicted octanol–water partition coefficient (Wildman–Crippen LogP) is 10.7. The third-order valence-corrected chi connectivity index (χ3v) is 11.1. The summed E-state index contributed by atoms with van der Waals surface area (Å²) in [4.78, 5) is 7.31. The van der Waals surface area contributed by atoms with Crippen molar-refractivity contribution < 1.29 is 13.6 Å². The average molecular weight is 751 g/mol. The summed E-state index contributed by atoms with van der Waals surface area (Å²) in [7, 11) is 0. The lowest BCUT2D eigenvalue weighted by atomic mass is 10.0. The molecule has 0 unspecified atom stereocenters. The summed E-state index contributed by atoms with van der Waals surface area (Å²) in [5.41, 5.74) is 12.5. The number of hydrogen-bond acceptors (Lipinski definition) is 6. The minimum atomic E-state index is 0.662. The van der Waals surface area contributed by atoms with Crippen LogP contribution >= 0.6 is 0 Å². The van der Waals surface area contributed by atoms with Crippen LogP contribution in [-0.2, 0) is 11.2 Å². The molecule has 0 aliphatic carbocycles. The third kappa shape index (κ3) is 8.20. The van der Waals surface area contributed by atoms with Gasteiger partial charge in [0.1, 0.15) is 23.0 Å². The summed E-state index contributed by atoms with van der Waals surface area (Å²) in [5.74, 6) is 5.31. The maximum Gasteiger partial charge on any atom is 0.137 e. The van der Waals surface area contributed by atoms with Gasteiger partial charge in [0.2, 0.25) is 0 Å². The van der Waals surface area contributed by atoms with Crippen molar-refractivity contribution in [3.05, 3.63) is 187 Å². The SMILES string of the molecule is C=C1C=C(c2oc(C)cc2C)C=C(CN2CCN(CC3=CC(c4oc(C)c(CC)c4C)=CC(=C)[N-]3)CCN(C3=CC(C4=C(C)C(=C)[C-](C)O4)=CC(=C)[N-]3)CC2)[N-]1. The van der Waals surface area contributed by atoms with E-state index < -0.39 is 0 Å². The van der Waals surface area contributed by atoms with E-state index in [0.29, 0.717) is 18.8 Å². The van der Waals surface area contributed by atoms with Crippen molar-refractivity contribution in [2.45, 2.75) is 54.9 Å². The second kappa shape index (κ2) is 15.9. The van der Waals surface area contributed by atoms with Gasteiger partial charge in [-0.25, -0.2) is 0 Å². The van der Waals surface area contributed by atoms with E-state index in [2.05, 4.69) is 93.0 Å². The van der Waals surface area contributed by atoms with Gasteiger partial charge in [-0.3, -0.25) is 9.80 Å². The van der Waals surface area contributed by atoms with Crippen LogP contribution in [-0.4, -0.2) is 67.1 Å². The van der Waals surface area contributed by atoms with E-state index in [-0.39, 0.29) is 0 Å². The van der Waals surface area contributed by atoms with Gasteiger partial charge in [0.25, 0.3) is 0 Å². The van der Waals surface area contributed by atoms with E-state index in [1.54, 1.807) is 0 Å². The zero-order chi connectivity index (χ0) is 39.8. The van der Waals surface area contributed by atoms with Gasteiger partial charge >= 0.3 is 0 Å². The first kappa shape index (κ1) is 38.8. The third-order valence-electron chi connectivity index (χ3n) is 11.1. The zero-order valence-electron chi connectivity index (χ0n) is 34.1. The van der Waals surface area contributed by atoms with Gasteiger partial charge in [0.15, 0.2) is 0 Å². The molecule has 0 radical (unpaired) electrons. The Hall–Kier alpha value is -5.51. The van der Waals surface area contributed by atoms with E-state index in [9.17, 15) is 0 Å². The zero-order valence-corrected chi connectivity index (χ0v) is 34.1. The molecule has 0 amide bonds. The summed E-state index contributed by atoms with van der Waals surface area (Å²) in [6.07, 6.45) is 14.2. The first-order chi connectivity index (χ1) is 26.8. The van der Waals surface area contributed by atoms with Crippen LogP contribution in [0.3, 0.4) is 0 Å². The molecule has 2 aromatic rings. The van der Waals surface area contributed by atoms with Crippen LogP contribution < -0.4 is 0 Å². The summed E-state index contributed by atoms with van der Waals surface area (Å²) in [6, 6.07) is 2.07. The Morgan fingerprint density at radius 1 is 0.679 bits per heavy atom. The Labute approximate surface area is 333 Å². The van der Waals surface area contributed by atoms with Gasteiger partial charge in [-0.2, -0.15) is 12.2 Å². The molecular formula is C47H54N6O3-4. The quantitative estimate of drug-likeness (QED) is 0.237. The lowest BCUT2D eigenvalue weighted by molar-refractivity contribution is 0.241.